The van der Waals surface area contributed by atoms with Crippen LogP contribution < -0.4 is 9.47 Å². The van der Waals surface area contributed by atoms with Crippen LogP contribution in [0.25, 0.3) is 0 Å². The van der Waals surface area contributed by atoms with Crippen molar-refractivity contribution in [1.29, 1.82) is 0 Å². The molecule has 5 nitrogen and oxygen atoms in total. The molecule has 0 aliphatic carbocycles. The number of carbonyl (C=O) groups is 1. The first-order valence-electron chi connectivity index (χ1n) is 6.88. The number of aliphatic carboxylic acids is 1. The van der Waals surface area contributed by atoms with E-state index in [9.17, 15) is 15.0 Å². The zero-order valence-electron chi connectivity index (χ0n) is 12.7. The lowest BCUT2D eigenvalue weighted by molar-refractivity contribution is -0.138. The lowest BCUT2D eigenvalue weighted by Crippen LogP contribution is -2.15. The second-order valence-electron chi connectivity index (χ2n) is 4.98. The molecule has 0 fully saturated rings. The predicted molar refractivity (Wildman–Crippen MR) is 86.7 cm³/mol. The minimum Gasteiger partial charge on any atom is -0.508 e. The Kier molecular flexibility index (Phi) is 5.34. The van der Waals surface area contributed by atoms with Gasteiger partial charge in [0.05, 0.1) is 20.1 Å². The van der Waals surface area contributed by atoms with Crippen LogP contribution in [0.5, 0.6) is 17.2 Å². The topological polar surface area (TPSA) is 76.0 Å². The Hall–Kier alpha value is -2.40. The third kappa shape index (κ3) is 3.87. The van der Waals surface area contributed by atoms with Gasteiger partial charge < -0.3 is 19.7 Å². The summed E-state index contributed by atoms with van der Waals surface area (Å²) in [6, 6.07) is 9.51. The summed E-state index contributed by atoms with van der Waals surface area (Å²) in [5.41, 5.74) is 0.925. The maximum atomic E-state index is 11.8. The van der Waals surface area contributed by atoms with Crippen molar-refractivity contribution in [2.45, 2.75) is 12.3 Å². The number of halogens is 1. The van der Waals surface area contributed by atoms with Gasteiger partial charge in [0.15, 0.2) is 0 Å². The highest BCUT2D eigenvalue weighted by Crippen LogP contribution is 2.35. The highest BCUT2D eigenvalue weighted by molar-refractivity contribution is 6.30. The van der Waals surface area contributed by atoms with Gasteiger partial charge in [-0.1, -0.05) is 11.6 Å². The molecule has 2 N–H and O–H groups in total. The maximum Gasteiger partial charge on any atom is 0.311 e. The Morgan fingerprint density at radius 2 is 1.91 bits per heavy atom. The van der Waals surface area contributed by atoms with E-state index >= 15 is 0 Å². The van der Waals surface area contributed by atoms with E-state index < -0.39 is 11.9 Å². The van der Waals surface area contributed by atoms with Crippen LogP contribution in [-0.4, -0.2) is 30.4 Å². The molecular formula is C17H17ClO5. The standard InChI is InChI=1S/C17H17ClO5/c1-22-12-4-6-16(23-2)13(9-12)14(17(20)21)8-10-7-11(18)3-5-15(10)19/h3-7,9,14,19H,8H2,1-2H3,(H,20,21). The number of methoxy groups -OCH3 is 2. The summed E-state index contributed by atoms with van der Waals surface area (Å²) < 4.78 is 10.4. The van der Waals surface area contributed by atoms with Crippen molar-refractivity contribution in [3.63, 3.8) is 0 Å². The van der Waals surface area contributed by atoms with Crippen molar-refractivity contribution in [2.75, 3.05) is 14.2 Å². The van der Waals surface area contributed by atoms with Gasteiger partial charge in [-0.25, -0.2) is 0 Å². The molecule has 0 radical (unpaired) electrons. The fraction of sp³-hybridized carbons (Fsp3) is 0.235. The van der Waals surface area contributed by atoms with E-state index in [2.05, 4.69) is 0 Å². The molecule has 0 heterocycles. The molecule has 0 aromatic heterocycles. The number of phenols is 1. The molecule has 122 valence electrons. The Bertz CT molecular complexity index is 714. The molecule has 2 aromatic rings. The molecule has 2 rings (SSSR count). The Labute approximate surface area is 139 Å². The van der Waals surface area contributed by atoms with E-state index in [1.54, 1.807) is 30.3 Å². The van der Waals surface area contributed by atoms with E-state index in [-0.39, 0.29) is 12.2 Å². The summed E-state index contributed by atoms with van der Waals surface area (Å²) in [5, 5.41) is 20.0. The molecule has 0 aliphatic rings. The summed E-state index contributed by atoms with van der Waals surface area (Å²) in [7, 11) is 2.98. The summed E-state index contributed by atoms with van der Waals surface area (Å²) in [6.07, 6.45) is 0.0747. The summed E-state index contributed by atoms with van der Waals surface area (Å²) >= 11 is 5.93. The first-order chi connectivity index (χ1) is 11.0. The van der Waals surface area contributed by atoms with Crippen LogP contribution in [0.15, 0.2) is 36.4 Å². The first-order valence-corrected chi connectivity index (χ1v) is 7.26. The summed E-state index contributed by atoms with van der Waals surface area (Å²) in [4.78, 5) is 11.8. The number of carboxylic acids is 1. The third-order valence-corrected chi connectivity index (χ3v) is 3.81. The molecule has 0 spiro atoms. The molecule has 0 amide bonds. The largest absolute Gasteiger partial charge is 0.508 e. The lowest BCUT2D eigenvalue weighted by Gasteiger charge is -2.18. The van der Waals surface area contributed by atoms with Crippen LogP contribution in [-0.2, 0) is 11.2 Å². The second kappa shape index (κ2) is 7.24. The lowest BCUT2D eigenvalue weighted by atomic mass is 9.90. The van der Waals surface area contributed by atoms with Gasteiger partial charge in [0, 0.05) is 10.6 Å². The predicted octanol–water partition coefficient (Wildman–Crippen LogP) is 3.47. The van der Waals surface area contributed by atoms with Crippen LogP contribution in [0.2, 0.25) is 5.02 Å². The molecule has 6 heteroatoms. The van der Waals surface area contributed by atoms with Crippen LogP contribution >= 0.6 is 11.6 Å². The quantitative estimate of drug-likeness (QED) is 0.844. The fourth-order valence-corrected chi connectivity index (χ4v) is 2.57. The molecule has 0 aliphatic heterocycles. The van der Waals surface area contributed by atoms with Crippen molar-refractivity contribution in [2.24, 2.45) is 0 Å². The Morgan fingerprint density at radius 3 is 2.52 bits per heavy atom. The highest BCUT2D eigenvalue weighted by atomic mass is 35.5. The monoisotopic (exact) mass is 336 g/mol. The summed E-state index contributed by atoms with van der Waals surface area (Å²) in [5.74, 6) is -0.968. The number of benzene rings is 2. The molecule has 0 bridgehead atoms. The normalized spacial score (nSPS) is 11.8. The molecule has 0 saturated heterocycles. The third-order valence-electron chi connectivity index (χ3n) is 3.58. The number of ether oxygens (including phenoxy) is 2. The van der Waals surface area contributed by atoms with Gasteiger partial charge in [-0.05, 0) is 48.4 Å². The maximum absolute atomic E-state index is 11.8. The van der Waals surface area contributed by atoms with Crippen LogP contribution in [0.3, 0.4) is 0 Å². The van der Waals surface area contributed by atoms with Crippen molar-refractivity contribution in [3.8, 4) is 17.2 Å². The van der Waals surface area contributed by atoms with Gasteiger partial charge in [-0.3, -0.25) is 4.79 Å². The minimum absolute atomic E-state index is 0.00233. The van der Waals surface area contributed by atoms with Crippen LogP contribution in [0, 0.1) is 0 Å². The zero-order chi connectivity index (χ0) is 17.0. The van der Waals surface area contributed by atoms with Crippen molar-refractivity contribution in [1.82, 2.24) is 0 Å². The Morgan fingerprint density at radius 1 is 1.17 bits per heavy atom. The van der Waals surface area contributed by atoms with E-state index in [1.807, 2.05) is 0 Å². The zero-order valence-corrected chi connectivity index (χ0v) is 13.5. The molecule has 23 heavy (non-hydrogen) atoms. The fourth-order valence-electron chi connectivity index (χ4n) is 2.38. The van der Waals surface area contributed by atoms with Crippen molar-refractivity contribution < 1.29 is 24.5 Å². The smallest absolute Gasteiger partial charge is 0.311 e. The van der Waals surface area contributed by atoms with Gasteiger partial charge in [-0.15, -0.1) is 0 Å². The molecule has 2 aromatic carbocycles. The number of rotatable bonds is 6. The van der Waals surface area contributed by atoms with Crippen LogP contribution in [0.1, 0.15) is 17.0 Å². The number of carboxylic acid groups (broad SMARTS) is 1. The molecule has 0 saturated carbocycles. The molecule has 1 atom stereocenters. The molecule has 1 unspecified atom stereocenters. The van der Waals surface area contributed by atoms with Gasteiger partial charge >= 0.3 is 5.97 Å². The van der Waals surface area contributed by atoms with Gasteiger partial charge in [0.1, 0.15) is 17.2 Å². The first kappa shape index (κ1) is 17.0. The number of phenolic OH excluding ortho intramolecular Hbond substituents is 1. The number of aromatic hydroxyl groups is 1. The van der Waals surface area contributed by atoms with Crippen LogP contribution in [0.4, 0.5) is 0 Å². The van der Waals surface area contributed by atoms with E-state index in [1.165, 1.54) is 20.3 Å². The summed E-state index contributed by atoms with van der Waals surface area (Å²) in [6.45, 7) is 0. The minimum atomic E-state index is -1.03. The SMILES string of the molecule is COc1ccc(OC)c(C(Cc2cc(Cl)ccc2O)C(=O)O)c1. The van der Waals surface area contributed by atoms with Crippen molar-refractivity contribution in [3.05, 3.63) is 52.5 Å². The average molecular weight is 337 g/mol. The van der Waals surface area contributed by atoms with E-state index in [4.69, 9.17) is 21.1 Å². The van der Waals surface area contributed by atoms with Gasteiger partial charge in [0.2, 0.25) is 0 Å². The molecular weight excluding hydrogens is 320 g/mol. The van der Waals surface area contributed by atoms with Gasteiger partial charge in [-0.2, -0.15) is 0 Å². The number of hydrogen-bond acceptors (Lipinski definition) is 4. The Balaban J connectivity index is 2.46. The van der Waals surface area contributed by atoms with Gasteiger partial charge in [0.25, 0.3) is 0 Å². The second-order valence-corrected chi connectivity index (χ2v) is 5.41. The average Bonchev–Trinajstić information content (AvgIpc) is 2.54. The highest BCUT2D eigenvalue weighted by Gasteiger charge is 2.25. The van der Waals surface area contributed by atoms with E-state index in [0.29, 0.717) is 27.6 Å². The van der Waals surface area contributed by atoms with Crippen molar-refractivity contribution >= 4 is 17.6 Å². The number of hydrogen-bond donors (Lipinski definition) is 2. The van der Waals surface area contributed by atoms with E-state index in [0.717, 1.165) is 0 Å².